The number of amides is 1. The Labute approximate surface area is 156 Å². The van der Waals surface area contributed by atoms with Crippen molar-refractivity contribution in [2.75, 3.05) is 19.7 Å². The van der Waals surface area contributed by atoms with Crippen molar-refractivity contribution >= 4 is 11.4 Å². The van der Waals surface area contributed by atoms with E-state index in [1.165, 1.54) is 6.07 Å². The molecule has 0 spiro atoms. The van der Waals surface area contributed by atoms with Gasteiger partial charge in [-0.1, -0.05) is 24.3 Å². The van der Waals surface area contributed by atoms with E-state index >= 15 is 0 Å². The van der Waals surface area contributed by atoms with Crippen molar-refractivity contribution in [2.24, 2.45) is 0 Å². The number of nitrogens with zero attached hydrogens (tertiary/aromatic N) is 3. The number of rotatable bonds is 3. The molecule has 2 aliphatic rings. The Morgan fingerprint density at radius 3 is 2.78 bits per heavy atom. The lowest BCUT2D eigenvalue weighted by Crippen LogP contribution is -2.42. The summed E-state index contributed by atoms with van der Waals surface area (Å²) in [7, 11) is 0. The molecule has 27 heavy (non-hydrogen) atoms. The number of carbonyl (C=O) groups is 1. The molecule has 3 heterocycles. The van der Waals surface area contributed by atoms with Gasteiger partial charge in [-0.2, -0.15) is 0 Å². The molecule has 2 aromatic heterocycles. The summed E-state index contributed by atoms with van der Waals surface area (Å²) in [4.78, 5) is 19.7. The maximum Gasteiger partial charge on any atom is 0.274 e. The Hall–Kier alpha value is -2.73. The van der Waals surface area contributed by atoms with Gasteiger partial charge in [-0.3, -0.25) is 4.79 Å². The molecule has 1 amide bonds. The topological polar surface area (TPSA) is 46.8 Å². The molecule has 138 valence electrons. The van der Waals surface area contributed by atoms with Crippen LogP contribution in [0.4, 0.5) is 4.39 Å². The molecule has 1 aliphatic heterocycles. The fraction of sp³-hybridized carbons (Fsp3) is 0.333. The van der Waals surface area contributed by atoms with E-state index in [1.807, 2.05) is 28.8 Å². The molecule has 6 heteroatoms. The number of ether oxygens (including phenoxy) is 1. The molecule has 1 atom stereocenters. The zero-order chi connectivity index (χ0) is 18.4. The quantitative estimate of drug-likeness (QED) is 0.713. The molecule has 1 aliphatic carbocycles. The Balaban J connectivity index is 1.46. The number of aromatic nitrogens is 2. The van der Waals surface area contributed by atoms with Crippen LogP contribution in [0.15, 0.2) is 48.7 Å². The summed E-state index contributed by atoms with van der Waals surface area (Å²) in [6, 6.07) is 12.4. The molecule has 5 nitrogen and oxygen atoms in total. The average molecular weight is 365 g/mol. The van der Waals surface area contributed by atoms with Gasteiger partial charge in [-0.15, -0.1) is 0 Å². The average Bonchev–Trinajstić information content (AvgIpc) is 3.48. The van der Waals surface area contributed by atoms with Crippen molar-refractivity contribution in [3.05, 3.63) is 71.6 Å². The lowest BCUT2D eigenvalue weighted by Gasteiger charge is -2.33. The van der Waals surface area contributed by atoms with Crippen molar-refractivity contribution in [2.45, 2.75) is 24.9 Å². The molecule has 1 aromatic carbocycles. The molecule has 0 radical (unpaired) electrons. The van der Waals surface area contributed by atoms with Crippen molar-refractivity contribution < 1.29 is 13.9 Å². The van der Waals surface area contributed by atoms with E-state index in [4.69, 9.17) is 9.72 Å². The summed E-state index contributed by atoms with van der Waals surface area (Å²) in [5, 5.41) is 0. The lowest BCUT2D eigenvalue weighted by molar-refractivity contribution is -0.0244. The number of hydrogen-bond donors (Lipinski definition) is 0. The Kier molecular flexibility index (Phi) is 3.93. The first-order valence-electron chi connectivity index (χ1n) is 9.34. The SMILES string of the molecule is O=C(c1nc(C2CC2)n2ccccc12)N1CCOC(c2ccccc2F)C1. The van der Waals surface area contributed by atoms with Crippen molar-refractivity contribution in [1.82, 2.24) is 14.3 Å². The third-order valence-electron chi connectivity index (χ3n) is 5.33. The molecular formula is C21H20FN3O2. The molecule has 1 saturated carbocycles. The van der Waals surface area contributed by atoms with E-state index in [-0.39, 0.29) is 11.7 Å². The number of benzene rings is 1. The van der Waals surface area contributed by atoms with Gasteiger partial charge in [0.2, 0.25) is 0 Å². The largest absolute Gasteiger partial charge is 0.370 e. The fourth-order valence-corrected chi connectivity index (χ4v) is 3.76. The Morgan fingerprint density at radius 1 is 1.15 bits per heavy atom. The van der Waals surface area contributed by atoms with E-state index in [0.717, 1.165) is 24.2 Å². The minimum Gasteiger partial charge on any atom is -0.370 e. The van der Waals surface area contributed by atoms with Crippen LogP contribution in [0.2, 0.25) is 0 Å². The summed E-state index contributed by atoms with van der Waals surface area (Å²) in [5.41, 5.74) is 1.80. The summed E-state index contributed by atoms with van der Waals surface area (Å²) < 4.78 is 21.9. The highest BCUT2D eigenvalue weighted by Crippen LogP contribution is 2.40. The van der Waals surface area contributed by atoms with Crippen LogP contribution in [0.25, 0.3) is 5.52 Å². The Morgan fingerprint density at radius 2 is 1.96 bits per heavy atom. The molecule has 5 rings (SSSR count). The normalized spacial score (nSPS) is 20.2. The fourth-order valence-electron chi connectivity index (χ4n) is 3.76. The van der Waals surface area contributed by atoms with Gasteiger partial charge in [0.1, 0.15) is 17.7 Å². The summed E-state index contributed by atoms with van der Waals surface area (Å²) >= 11 is 0. The maximum absolute atomic E-state index is 14.1. The van der Waals surface area contributed by atoms with Crippen LogP contribution >= 0.6 is 0 Å². The standard InChI is InChI=1S/C21H20FN3O2/c22-16-6-2-1-5-15(16)18-13-24(11-12-27-18)21(26)19-17-7-3-4-10-25(17)20(23-19)14-8-9-14/h1-7,10,14,18H,8-9,11-13H2. The molecule has 2 fully saturated rings. The number of carbonyl (C=O) groups excluding carboxylic acids is 1. The van der Waals surface area contributed by atoms with Crippen LogP contribution in [0.3, 0.4) is 0 Å². The number of fused-ring (bicyclic) bond motifs is 1. The third kappa shape index (κ3) is 2.90. The van der Waals surface area contributed by atoms with Gasteiger partial charge in [0, 0.05) is 24.2 Å². The van der Waals surface area contributed by atoms with E-state index in [2.05, 4.69) is 0 Å². The number of imidazole rings is 1. The van der Waals surface area contributed by atoms with Gasteiger partial charge in [0.25, 0.3) is 5.91 Å². The van der Waals surface area contributed by atoms with E-state index in [0.29, 0.717) is 36.9 Å². The molecular weight excluding hydrogens is 345 g/mol. The van der Waals surface area contributed by atoms with Crippen LogP contribution < -0.4 is 0 Å². The summed E-state index contributed by atoms with van der Waals surface area (Å²) in [6.45, 7) is 1.19. The second-order valence-electron chi connectivity index (χ2n) is 7.18. The first kappa shape index (κ1) is 16.4. The zero-order valence-corrected chi connectivity index (χ0v) is 14.8. The predicted molar refractivity (Wildman–Crippen MR) is 98.2 cm³/mol. The predicted octanol–water partition coefficient (Wildman–Crippen LogP) is 3.56. The smallest absolute Gasteiger partial charge is 0.274 e. The van der Waals surface area contributed by atoms with Crippen LogP contribution in [-0.4, -0.2) is 39.9 Å². The zero-order valence-electron chi connectivity index (χ0n) is 14.8. The van der Waals surface area contributed by atoms with E-state index < -0.39 is 6.10 Å². The highest BCUT2D eigenvalue weighted by atomic mass is 19.1. The minimum absolute atomic E-state index is 0.116. The highest BCUT2D eigenvalue weighted by molar-refractivity contribution is 5.99. The minimum atomic E-state index is -0.458. The first-order valence-corrected chi connectivity index (χ1v) is 9.34. The molecule has 0 N–H and O–H groups in total. The molecule has 1 saturated heterocycles. The lowest BCUT2D eigenvalue weighted by atomic mass is 10.1. The molecule has 1 unspecified atom stereocenters. The molecule has 3 aromatic rings. The monoisotopic (exact) mass is 365 g/mol. The second-order valence-corrected chi connectivity index (χ2v) is 7.18. The van der Waals surface area contributed by atoms with Gasteiger partial charge >= 0.3 is 0 Å². The van der Waals surface area contributed by atoms with Gasteiger partial charge in [-0.05, 0) is 31.0 Å². The number of pyridine rings is 1. The van der Waals surface area contributed by atoms with Gasteiger partial charge in [-0.25, -0.2) is 9.37 Å². The van der Waals surface area contributed by atoms with Crippen LogP contribution in [0, 0.1) is 5.82 Å². The van der Waals surface area contributed by atoms with Crippen molar-refractivity contribution in [3.8, 4) is 0 Å². The van der Waals surface area contributed by atoms with E-state index in [9.17, 15) is 9.18 Å². The number of halogens is 1. The van der Waals surface area contributed by atoms with Crippen molar-refractivity contribution in [1.29, 1.82) is 0 Å². The van der Waals surface area contributed by atoms with Crippen LogP contribution in [0.1, 0.15) is 46.7 Å². The van der Waals surface area contributed by atoms with Crippen molar-refractivity contribution in [3.63, 3.8) is 0 Å². The number of morpholine rings is 1. The summed E-state index contributed by atoms with van der Waals surface area (Å²) in [5.74, 6) is 0.987. The Bertz CT molecular complexity index is 1010. The second kappa shape index (κ2) is 6.46. The third-order valence-corrected chi connectivity index (χ3v) is 5.33. The van der Waals surface area contributed by atoms with Gasteiger partial charge in [0.05, 0.1) is 18.7 Å². The van der Waals surface area contributed by atoms with E-state index in [1.54, 1.807) is 23.1 Å². The summed E-state index contributed by atoms with van der Waals surface area (Å²) in [6.07, 6.45) is 3.75. The number of hydrogen-bond acceptors (Lipinski definition) is 3. The first-order chi connectivity index (χ1) is 13.2. The maximum atomic E-state index is 14.1. The molecule has 0 bridgehead atoms. The van der Waals surface area contributed by atoms with Gasteiger partial charge in [0.15, 0.2) is 5.69 Å². The van der Waals surface area contributed by atoms with Crippen LogP contribution in [0.5, 0.6) is 0 Å². The van der Waals surface area contributed by atoms with Gasteiger partial charge < -0.3 is 14.0 Å². The highest BCUT2D eigenvalue weighted by Gasteiger charge is 2.33. The van der Waals surface area contributed by atoms with Crippen LogP contribution in [-0.2, 0) is 4.74 Å².